The van der Waals surface area contributed by atoms with Crippen molar-refractivity contribution in [3.05, 3.63) is 70.6 Å². The Bertz CT molecular complexity index is 800. The highest BCUT2D eigenvalue weighted by atomic mass is 32.1. The van der Waals surface area contributed by atoms with Crippen LogP contribution in [0.15, 0.2) is 47.8 Å². The normalized spacial score (nSPS) is 10.5. The van der Waals surface area contributed by atoms with E-state index in [2.05, 4.69) is 14.9 Å². The van der Waals surface area contributed by atoms with Gasteiger partial charge in [0.1, 0.15) is 22.9 Å². The Hall–Kier alpha value is -2.67. The fraction of sp³-hybridized carbons (Fsp3) is 0.0625. The minimum Gasteiger partial charge on any atom is -0.348 e. The van der Waals surface area contributed by atoms with Gasteiger partial charge in [0, 0.05) is 17.5 Å². The number of benzene rings is 2. The molecule has 0 spiro atoms. The molecule has 1 heterocycles. The lowest BCUT2D eigenvalue weighted by molar-refractivity contribution is 0.0942. The highest BCUT2D eigenvalue weighted by Gasteiger charge is 2.16. The van der Waals surface area contributed by atoms with Crippen LogP contribution in [0.25, 0.3) is 11.3 Å². The summed E-state index contributed by atoms with van der Waals surface area (Å²) in [4.78, 5) is 11.9. The molecule has 4 nitrogen and oxygen atoms in total. The number of nitrogens with zero attached hydrogens (tertiary/aromatic N) is 2. The van der Waals surface area contributed by atoms with Crippen LogP contribution in [0.1, 0.15) is 15.9 Å². The molecule has 0 bridgehead atoms. The van der Waals surface area contributed by atoms with Crippen LogP contribution in [0, 0.1) is 11.6 Å². The third kappa shape index (κ3) is 3.40. The summed E-state index contributed by atoms with van der Waals surface area (Å²) in [5.74, 6) is -2.55. The van der Waals surface area contributed by atoms with Crippen molar-refractivity contribution in [2.45, 2.75) is 6.54 Å². The average Bonchev–Trinajstić information content (AvgIpc) is 3.08. The molecule has 3 aromatic rings. The lowest BCUT2D eigenvalue weighted by Crippen LogP contribution is -2.25. The van der Waals surface area contributed by atoms with Gasteiger partial charge in [0.25, 0.3) is 5.91 Å². The van der Waals surface area contributed by atoms with Gasteiger partial charge >= 0.3 is 0 Å². The lowest BCUT2D eigenvalue weighted by atomic mass is 10.1. The van der Waals surface area contributed by atoms with Crippen LogP contribution in [0.3, 0.4) is 0 Å². The Kier molecular flexibility index (Phi) is 4.38. The summed E-state index contributed by atoms with van der Waals surface area (Å²) in [5, 5.41) is 8.30. The summed E-state index contributed by atoms with van der Waals surface area (Å²) in [6.07, 6.45) is 0. The maximum atomic E-state index is 13.5. The summed E-state index contributed by atoms with van der Waals surface area (Å²) in [6.45, 7) is 0.169. The van der Waals surface area contributed by atoms with Crippen LogP contribution in [0.2, 0.25) is 0 Å². The fourth-order valence-corrected chi connectivity index (χ4v) is 2.53. The molecule has 0 aliphatic rings. The van der Waals surface area contributed by atoms with Gasteiger partial charge in [-0.2, -0.15) is 0 Å². The SMILES string of the molecule is O=C(NCc1ccc(-c2csnn2)cc1)c1c(F)cccc1F. The van der Waals surface area contributed by atoms with Crippen molar-refractivity contribution in [2.75, 3.05) is 0 Å². The molecule has 1 amide bonds. The highest BCUT2D eigenvalue weighted by molar-refractivity contribution is 7.03. The van der Waals surface area contributed by atoms with Gasteiger partial charge in [0.15, 0.2) is 0 Å². The summed E-state index contributed by atoms with van der Waals surface area (Å²) >= 11 is 1.26. The van der Waals surface area contributed by atoms with E-state index in [0.29, 0.717) is 0 Å². The zero-order valence-corrected chi connectivity index (χ0v) is 12.6. The van der Waals surface area contributed by atoms with E-state index in [1.807, 2.05) is 29.6 Å². The molecule has 0 saturated heterocycles. The third-order valence-corrected chi connectivity index (χ3v) is 3.76. The first kappa shape index (κ1) is 15.2. The first-order valence-corrected chi connectivity index (χ1v) is 7.57. The van der Waals surface area contributed by atoms with Crippen LogP contribution >= 0.6 is 11.5 Å². The standard InChI is InChI=1S/C16H11F2N3OS/c17-12-2-1-3-13(18)15(12)16(22)19-8-10-4-6-11(7-5-10)14-9-23-21-20-14/h1-7,9H,8H2,(H,19,22). The monoisotopic (exact) mass is 331 g/mol. The predicted molar refractivity (Wildman–Crippen MR) is 82.9 cm³/mol. The van der Waals surface area contributed by atoms with Crippen molar-refractivity contribution in [1.29, 1.82) is 0 Å². The molecule has 0 radical (unpaired) electrons. The van der Waals surface area contributed by atoms with Gasteiger partial charge in [-0.05, 0) is 29.2 Å². The van der Waals surface area contributed by atoms with Gasteiger partial charge in [-0.15, -0.1) is 5.10 Å². The Morgan fingerprint density at radius 3 is 2.39 bits per heavy atom. The molecule has 0 aliphatic carbocycles. The number of rotatable bonds is 4. The molecule has 23 heavy (non-hydrogen) atoms. The van der Waals surface area contributed by atoms with Crippen molar-refractivity contribution in [2.24, 2.45) is 0 Å². The van der Waals surface area contributed by atoms with Crippen LogP contribution in [-0.4, -0.2) is 15.5 Å². The predicted octanol–water partition coefficient (Wildman–Crippen LogP) is 3.41. The summed E-state index contributed by atoms with van der Waals surface area (Å²) in [7, 11) is 0. The summed E-state index contributed by atoms with van der Waals surface area (Å²) < 4.78 is 30.8. The molecule has 116 valence electrons. The second-order valence-corrected chi connectivity index (χ2v) is 5.38. The van der Waals surface area contributed by atoms with Gasteiger partial charge in [0.2, 0.25) is 0 Å². The van der Waals surface area contributed by atoms with E-state index in [0.717, 1.165) is 29.0 Å². The largest absolute Gasteiger partial charge is 0.348 e. The first-order chi connectivity index (χ1) is 11.1. The Morgan fingerprint density at radius 2 is 1.78 bits per heavy atom. The molecule has 2 aromatic carbocycles. The molecular formula is C16H11F2N3OS. The molecule has 1 N–H and O–H groups in total. The minimum atomic E-state index is -0.881. The van der Waals surface area contributed by atoms with Crippen molar-refractivity contribution < 1.29 is 13.6 Å². The lowest BCUT2D eigenvalue weighted by Gasteiger charge is -2.07. The number of hydrogen-bond acceptors (Lipinski definition) is 4. The highest BCUT2D eigenvalue weighted by Crippen LogP contribution is 2.18. The van der Waals surface area contributed by atoms with E-state index < -0.39 is 23.1 Å². The van der Waals surface area contributed by atoms with E-state index in [-0.39, 0.29) is 6.54 Å². The van der Waals surface area contributed by atoms with Gasteiger partial charge in [-0.25, -0.2) is 8.78 Å². The zero-order valence-electron chi connectivity index (χ0n) is 11.8. The minimum absolute atomic E-state index is 0.169. The molecule has 1 aromatic heterocycles. The van der Waals surface area contributed by atoms with Gasteiger partial charge in [0.05, 0.1) is 0 Å². The summed E-state index contributed by atoms with van der Waals surface area (Å²) in [5.41, 5.74) is 1.92. The first-order valence-electron chi connectivity index (χ1n) is 6.74. The van der Waals surface area contributed by atoms with Crippen LogP contribution in [-0.2, 0) is 6.54 Å². The summed E-state index contributed by atoms with van der Waals surface area (Å²) in [6, 6.07) is 10.6. The van der Waals surface area contributed by atoms with Crippen LogP contribution < -0.4 is 5.32 Å². The average molecular weight is 331 g/mol. The van der Waals surface area contributed by atoms with E-state index >= 15 is 0 Å². The Balaban J connectivity index is 1.67. The number of carbonyl (C=O) groups is 1. The quantitative estimate of drug-likeness (QED) is 0.797. The Morgan fingerprint density at radius 1 is 1.09 bits per heavy atom. The van der Waals surface area contributed by atoms with E-state index in [1.54, 1.807) is 0 Å². The molecule has 7 heteroatoms. The van der Waals surface area contributed by atoms with E-state index in [9.17, 15) is 13.6 Å². The second-order valence-electron chi connectivity index (χ2n) is 4.77. The molecule has 0 aliphatic heterocycles. The molecule has 0 saturated carbocycles. The van der Waals surface area contributed by atoms with Crippen molar-refractivity contribution in [3.63, 3.8) is 0 Å². The van der Waals surface area contributed by atoms with Gasteiger partial charge in [-0.1, -0.05) is 34.8 Å². The van der Waals surface area contributed by atoms with Crippen molar-refractivity contribution in [3.8, 4) is 11.3 Å². The van der Waals surface area contributed by atoms with E-state index in [1.165, 1.54) is 17.6 Å². The number of amides is 1. The maximum Gasteiger partial charge on any atom is 0.257 e. The zero-order chi connectivity index (χ0) is 16.2. The fourth-order valence-electron chi connectivity index (χ4n) is 2.07. The Labute approximate surface area is 135 Å². The maximum absolute atomic E-state index is 13.5. The van der Waals surface area contributed by atoms with Crippen molar-refractivity contribution in [1.82, 2.24) is 14.9 Å². The number of aromatic nitrogens is 2. The molecular weight excluding hydrogens is 320 g/mol. The van der Waals surface area contributed by atoms with Crippen LogP contribution in [0.5, 0.6) is 0 Å². The number of hydrogen-bond donors (Lipinski definition) is 1. The smallest absolute Gasteiger partial charge is 0.257 e. The third-order valence-electron chi connectivity index (χ3n) is 3.25. The second kappa shape index (κ2) is 6.62. The van der Waals surface area contributed by atoms with E-state index in [4.69, 9.17) is 0 Å². The molecule has 0 unspecified atom stereocenters. The van der Waals surface area contributed by atoms with Gasteiger partial charge in [-0.3, -0.25) is 4.79 Å². The number of halogens is 2. The molecule has 0 fully saturated rings. The molecule has 3 rings (SSSR count). The topological polar surface area (TPSA) is 54.9 Å². The number of carbonyl (C=O) groups excluding carboxylic acids is 1. The van der Waals surface area contributed by atoms with Gasteiger partial charge < -0.3 is 5.32 Å². The number of nitrogens with one attached hydrogen (secondary N) is 1. The van der Waals surface area contributed by atoms with Crippen LogP contribution in [0.4, 0.5) is 8.78 Å². The molecule has 0 atom stereocenters. The van der Waals surface area contributed by atoms with Crippen molar-refractivity contribution >= 4 is 17.4 Å².